The first kappa shape index (κ1) is 12.3. The Kier molecular flexibility index (Phi) is 2.53. The van der Waals surface area contributed by atoms with Gasteiger partial charge in [-0.05, 0) is 23.3 Å². The number of pyridine rings is 2. The molecule has 104 valence electrons. The van der Waals surface area contributed by atoms with Crippen LogP contribution in [0.25, 0.3) is 22.2 Å². The average Bonchev–Trinajstić information content (AvgIpc) is 3.05. The Bertz CT molecular complexity index is 900. The van der Waals surface area contributed by atoms with Crippen molar-refractivity contribution in [3.63, 3.8) is 0 Å². The van der Waals surface area contributed by atoms with Crippen LogP contribution in [0.5, 0.6) is 0 Å². The number of nitrogens with zero attached hydrogens (tertiary/aromatic N) is 3. The van der Waals surface area contributed by atoms with E-state index in [4.69, 9.17) is 11.6 Å². The summed E-state index contributed by atoms with van der Waals surface area (Å²) >= 11 is 6.06. The number of nitrogens with one attached hydrogen (secondary N) is 1. The fourth-order valence-corrected chi connectivity index (χ4v) is 3.07. The van der Waals surface area contributed by atoms with Crippen molar-refractivity contribution in [2.45, 2.75) is 6.54 Å². The highest BCUT2D eigenvalue weighted by molar-refractivity contribution is 6.33. The molecule has 0 spiro atoms. The molecule has 0 aromatic carbocycles. The minimum absolute atomic E-state index is 0.164. The second-order valence-corrected chi connectivity index (χ2v) is 5.38. The number of hydrogen-bond donors (Lipinski definition) is 1. The first-order chi connectivity index (χ1) is 10.2. The number of rotatable bonds is 1. The van der Waals surface area contributed by atoms with Gasteiger partial charge in [0.05, 0.1) is 5.56 Å². The van der Waals surface area contributed by atoms with Gasteiger partial charge in [-0.25, -0.2) is 9.97 Å². The minimum atomic E-state index is -0.164. The number of carbonyl (C=O) groups is 1. The van der Waals surface area contributed by atoms with E-state index in [0.717, 1.165) is 27.7 Å². The molecule has 21 heavy (non-hydrogen) atoms. The Labute approximate surface area is 125 Å². The van der Waals surface area contributed by atoms with E-state index in [1.807, 2.05) is 29.9 Å². The van der Waals surface area contributed by atoms with Gasteiger partial charge in [-0.15, -0.1) is 0 Å². The maximum atomic E-state index is 11.9. The molecule has 1 aliphatic heterocycles. The highest BCUT2D eigenvalue weighted by Crippen LogP contribution is 2.35. The van der Waals surface area contributed by atoms with Gasteiger partial charge in [0.25, 0.3) is 5.91 Å². The van der Waals surface area contributed by atoms with Gasteiger partial charge < -0.3 is 9.88 Å². The lowest BCUT2D eigenvalue weighted by molar-refractivity contribution is 0.0965. The second-order valence-electron chi connectivity index (χ2n) is 5.02. The lowest BCUT2D eigenvalue weighted by Crippen LogP contribution is -2.12. The van der Waals surface area contributed by atoms with Crippen molar-refractivity contribution >= 4 is 28.5 Å². The SMILES string of the molecule is Cn1ccc2c(-c3cnc(Cl)c4c3CNC4=O)ccnc21. The lowest BCUT2D eigenvalue weighted by atomic mass is 9.98. The number of amides is 1. The predicted octanol–water partition coefficient (Wildman–Crippen LogP) is 2.53. The van der Waals surface area contributed by atoms with Crippen LogP contribution in [0.2, 0.25) is 5.15 Å². The van der Waals surface area contributed by atoms with Gasteiger partial charge in [-0.2, -0.15) is 0 Å². The van der Waals surface area contributed by atoms with Gasteiger partial charge in [0, 0.05) is 43.1 Å². The van der Waals surface area contributed by atoms with Crippen molar-refractivity contribution in [1.82, 2.24) is 19.9 Å². The molecule has 1 aliphatic rings. The summed E-state index contributed by atoms with van der Waals surface area (Å²) in [7, 11) is 1.95. The van der Waals surface area contributed by atoms with Crippen LogP contribution in [0.4, 0.5) is 0 Å². The first-order valence-corrected chi connectivity index (χ1v) is 6.90. The molecule has 0 radical (unpaired) electrons. The van der Waals surface area contributed by atoms with Gasteiger partial charge in [0.2, 0.25) is 0 Å². The molecule has 5 nitrogen and oxygen atoms in total. The Balaban J connectivity index is 2.05. The largest absolute Gasteiger partial charge is 0.348 e. The Morgan fingerprint density at radius 2 is 2.14 bits per heavy atom. The van der Waals surface area contributed by atoms with Gasteiger partial charge in [-0.3, -0.25) is 4.79 Å². The molecule has 0 aliphatic carbocycles. The zero-order valence-corrected chi connectivity index (χ0v) is 12.0. The van der Waals surface area contributed by atoms with E-state index in [1.165, 1.54) is 0 Å². The molecule has 0 saturated heterocycles. The average molecular weight is 299 g/mol. The molecule has 3 aromatic rings. The van der Waals surface area contributed by atoms with Crippen LogP contribution in [-0.2, 0) is 13.6 Å². The molecule has 0 unspecified atom stereocenters. The third-order valence-electron chi connectivity index (χ3n) is 3.85. The zero-order valence-electron chi connectivity index (χ0n) is 11.2. The number of fused-ring (bicyclic) bond motifs is 2. The van der Waals surface area contributed by atoms with Gasteiger partial charge >= 0.3 is 0 Å². The highest BCUT2D eigenvalue weighted by Gasteiger charge is 2.27. The Morgan fingerprint density at radius 3 is 3.00 bits per heavy atom. The van der Waals surface area contributed by atoms with Crippen molar-refractivity contribution in [1.29, 1.82) is 0 Å². The molecule has 1 N–H and O–H groups in total. The van der Waals surface area contributed by atoms with Crippen LogP contribution >= 0.6 is 11.6 Å². The molecule has 0 atom stereocenters. The normalized spacial score (nSPS) is 13.5. The molecule has 0 fully saturated rings. The van der Waals surface area contributed by atoms with E-state index in [-0.39, 0.29) is 11.1 Å². The van der Waals surface area contributed by atoms with E-state index in [1.54, 1.807) is 12.4 Å². The number of halogens is 1. The monoisotopic (exact) mass is 298 g/mol. The number of aryl methyl sites for hydroxylation is 1. The van der Waals surface area contributed by atoms with Crippen LogP contribution in [0.1, 0.15) is 15.9 Å². The van der Waals surface area contributed by atoms with Crippen LogP contribution in [0, 0.1) is 0 Å². The summed E-state index contributed by atoms with van der Waals surface area (Å²) in [5, 5.41) is 4.09. The molecule has 0 bridgehead atoms. The van der Waals surface area contributed by atoms with Crippen LogP contribution in [0.15, 0.2) is 30.7 Å². The van der Waals surface area contributed by atoms with Gasteiger partial charge in [0.15, 0.2) is 0 Å². The zero-order chi connectivity index (χ0) is 14.6. The molecule has 6 heteroatoms. The van der Waals surface area contributed by atoms with E-state index in [2.05, 4.69) is 15.3 Å². The predicted molar refractivity (Wildman–Crippen MR) is 80.1 cm³/mol. The summed E-state index contributed by atoms with van der Waals surface area (Å²) in [6, 6.07) is 3.96. The molecule has 3 aromatic heterocycles. The highest BCUT2D eigenvalue weighted by atomic mass is 35.5. The Hall–Kier alpha value is -2.40. The Morgan fingerprint density at radius 1 is 1.29 bits per heavy atom. The van der Waals surface area contributed by atoms with E-state index in [9.17, 15) is 4.79 Å². The van der Waals surface area contributed by atoms with Crippen molar-refractivity contribution < 1.29 is 4.79 Å². The fourth-order valence-electron chi connectivity index (χ4n) is 2.83. The standard InChI is InChI=1S/C15H11ClN4O/c1-20-5-3-9-8(2-4-17-14(9)20)10-6-18-13(16)12-11(10)7-19-15(12)21/h2-6H,7H2,1H3,(H,19,21). The van der Waals surface area contributed by atoms with E-state index >= 15 is 0 Å². The summed E-state index contributed by atoms with van der Waals surface area (Å²) in [4.78, 5) is 20.4. The van der Waals surface area contributed by atoms with Gasteiger partial charge in [0.1, 0.15) is 10.8 Å². The summed E-state index contributed by atoms with van der Waals surface area (Å²) in [5.41, 5.74) is 4.21. The maximum absolute atomic E-state index is 11.9. The smallest absolute Gasteiger partial charge is 0.255 e. The first-order valence-electron chi connectivity index (χ1n) is 6.53. The number of hydrogen-bond acceptors (Lipinski definition) is 3. The second kappa shape index (κ2) is 4.30. The molecule has 0 saturated carbocycles. The third-order valence-corrected chi connectivity index (χ3v) is 4.14. The summed E-state index contributed by atoms with van der Waals surface area (Å²) in [6.45, 7) is 0.475. The molecular formula is C15H11ClN4O. The van der Waals surface area contributed by atoms with Crippen LogP contribution in [-0.4, -0.2) is 20.4 Å². The van der Waals surface area contributed by atoms with Crippen molar-refractivity contribution in [2.24, 2.45) is 7.05 Å². The molecule has 4 rings (SSSR count). The van der Waals surface area contributed by atoms with Crippen LogP contribution in [0.3, 0.4) is 0 Å². The van der Waals surface area contributed by atoms with E-state index in [0.29, 0.717) is 12.1 Å². The molecule has 1 amide bonds. The third kappa shape index (κ3) is 1.67. The topological polar surface area (TPSA) is 59.8 Å². The summed E-state index contributed by atoms with van der Waals surface area (Å²) in [6.07, 6.45) is 5.46. The van der Waals surface area contributed by atoms with Crippen LogP contribution < -0.4 is 5.32 Å². The van der Waals surface area contributed by atoms with Crippen molar-refractivity contribution in [3.8, 4) is 11.1 Å². The summed E-state index contributed by atoms with van der Waals surface area (Å²) < 4.78 is 1.96. The maximum Gasteiger partial charge on any atom is 0.255 e. The van der Waals surface area contributed by atoms with Crippen molar-refractivity contribution in [2.75, 3.05) is 0 Å². The lowest BCUT2D eigenvalue weighted by Gasteiger charge is -2.09. The van der Waals surface area contributed by atoms with E-state index < -0.39 is 0 Å². The number of carbonyl (C=O) groups excluding carboxylic acids is 1. The summed E-state index contributed by atoms with van der Waals surface area (Å²) in [5.74, 6) is -0.164. The number of aromatic nitrogens is 3. The molecule has 4 heterocycles. The van der Waals surface area contributed by atoms with Gasteiger partial charge in [-0.1, -0.05) is 11.6 Å². The molecular weight excluding hydrogens is 288 g/mol. The fraction of sp³-hybridized carbons (Fsp3) is 0.133. The minimum Gasteiger partial charge on any atom is -0.348 e. The quantitative estimate of drug-likeness (QED) is 0.702. The van der Waals surface area contributed by atoms with Crippen molar-refractivity contribution in [3.05, 3.63) is 47.0 Å².